The lowest BCUT2D eigenvalue weighted by Gasteiger charge is -2.44. The summed E-state index contributed by atoms with van der Waals surface area (Å²) in [5, 5.41) is 30.5. The molecule has 0 aromatic rings. The summed E-state index contributed by atoms with van der Waals surface area (Å²) in [4.78, 5) is 0. The molecule has 3 saturated carbocycles. The van der Waals surface area contributed by atoms with Crippen molar-refractivity contribution in [3.8, 4) is 0 Å². The van der Waals surface area contributed by atoms with Crippen molar-refractivity contribution in [2.75, 3.05) is 0 Å². The number of aliphatic hydroxyl groups is 3. The highest BCUT2D eigenvalue weighted by Crippen LogP contribution is 2.59. The second-order valence-corrected chi connectivity index (χ2v) is 11.4. The van der Waals surface area contributed by atoms with Crippen molar-refractivity contribution >= 4 is 0 Å². The smallest absolute Gasteiger partial charge is 0.0809 e. The molecule has 3 fully saturated rings. The molecule has 7 atom stereocenters. The summed E-state index contributed by atoms with van der Waals surface area (Å²) < 4.78 is 0. The number of hydrogen-bond acceptors (Lipinski definition) is 3. The van der Waals surface area contributed by atoms with Crippen LogP contribution in [0.1, 0.15) is 79.6 Å². The van der Waals surface area contributed by atoms with Gasteiger partial charge in [0.25, 0.3) is 0 Å². The van der Waals surface area contributed by atoms with Crippen LogP contribution in [0.15, 0.2) is 47.6 Å². The van der Waals surface area contributed by atoms with E-state index >= 15 is 0 Å². The monoisotopic (exact) mass is 428 g/mol. The fourth-order valence-corrected chi connectivity index (χ4v) is 6.28. The molecule has 0 saturated heterocycles. The summed E-state index contributed by atoms with van der Waals surface area (Å²) in [6.45, 7) is 14.5. The maximum atomic E-state index is 10.3. The molecule has 174 valence electrons. The molecule has 0 aromatic carbocycles. The summed E-state index contributed by atoms with van der Waals surface area (Å²) in [5.41, 5.74) is 2.87. The van der Waals surface area contributed by atoms with Gasteiger partial charge >= 0.3 is 0 Å². The Kier molecular flexibility index (Phi) is 7.40. The van der Waals surface area contributed by atoms with Gasteiger partial charge in [0.2, 0.25) is 0 Å². The Morgan fingerprint density at radius 1 is 1.06 bits per heavy atom. The van der Waals surface area contributed by atoms with E-state index in [4.69, 9.17) is 0 Å². The zero-order valence-electron chi connectivity index (χ0n) is 20.3. The fourth-order valence-electron chi connectivity index (χ4n) is 6.28. The van der Waals surface area contributed by atoms with E-state index in [2.05, 4.69) is 51.7 Å². The second-order valence-electron chi connectivity index (χ2n) is 11.4. The Morgan fingerprint density at radius 3 is 2.32 bits per heavy atom. The molecule has 0 heterocycles. The highest BCUT2D eigenvalue weighted by Gasteiger charge is 2.50. The third kappa shape index (κ3) is 5.26. The molecular formula is C28H44O3. The summed E-state index contributed by atoms with van der Waals surface area (Å²) in [7, 11) is 0. The van der Waals surface area contributed by atoms with Crippen LogP contribution in [0, 0.1) is 29.1 Å². The standard InChI is InChI=1S/C28H44O3/c1-18(9-10-19(2)27(4,5)31)23-13-14-24-22(8-7-15-28(23,24)6)12-11-21-16-25(29)20(3)26(30)17-21/h9-12,18-19,23-26,29-31H,3,7-8,13-17H2,1-2,4-6H3/b10-9+,22-12+/t18-,19+,23?,24-,25+,26+,28+/m0/s1. The van der Waals surface area contributed by atoms with Crippen LogP contribution >= 0.6 is 0 Å². The van der Waals surface area contributed by atoms with Gasteiger partial charge in [0.05, 0.1) is 17.8 Å². The normalized spacial score (nSPS) is 37.9. The van der Waals surface area contributed by atoms with Gasteiger partial charge in [-0.2, -0.15) is 0 Å². The van der Waals surface area contributed by atoms with Crippen LogP contribution in [0.3, 0.4) is 0 Å². The van der Waals surface area contributed by atoms with Gasteiger partial charge in [-0.3, -0.25) is 0 Å². The van der Waals surface area contributed by atoms with Crippen LogP contribution in [-0.4, -0.2) is 33.1 Å². The molecule has 0 radical (unpaired) electrons. The van der Waals surface area contributed by atoms with Gasteiger partial charge in [0.15, 0.2) is 0 Å². The van der Waals surface area contributed by atoms with Crippen LogP contribution in [0.5, 0.6) is 0 Å². The number of fused-ring (bicyclic) bond motifs is 1. The van der Waals surface area contributed by atoms with Gasteiger partial charge in [-0.25, -0.2) is 0 Å². The summed E-state index contributed by atoms with van der Waals surface area (Å²) in [5.74, 6) is 1.94. The number of aliphatic hydroxyl groups excluding tert-OH is 2. The van der Waals surface area contributed by atoms with Crippen molar-refractivity contribution in [3.05, 3.63) is 47.6 Å². The minimum absolute atomic E-state index is 0.144. The maximum Gasteiger partial charge on any atom is 0.0809 e. The largest absolute Gasteiger partial charge is 0.390 e. The highest BCUT2D eigenvalue weighted by atomic mass is 16.3. The molecule has 1 unspecified atom stereocenters. The van der Waals surface area contributed by atoms with E-state index in [1.54, 1.807) is 5.57 Å². The lowest BCUT2D eigenvalue weighted by Crippen LogP contribution is -2.35. The first kappa shape index (κ1) is 24.5. The molecule has 31 heavy (non-hydrogen) atoms. The van der Waals surface area contributed by atoms with E-state index < -0.39 is 17.8 Å². The zero-order chi connectivity index (χ0) is 23.0. The van der Waals surface area contributed by atoms with Gasteiger partial charge in [0.1, 0.15) is 0 Å². The molecule has 3 heteroatoms. The van der Waals surface area contributed by atoms with E-state index in [0.717, 1.165) is 12.0 Å². The molecule has 3 N–H and O–H groups in total. The Balaban J connectivity index is 1.73. The van der Waals surface area contributed by atoms with Gasteiger partial charge in [-0.15, -0.1) is 0 Å². The molecule has 3 aliphatic carbocycles. The quantitative estimate of drug-likeness (QED) is 0.490. The van der Waals surface area contributed by atoms with E-state index in [0.29, 0.717) is 41.6 Å². The zero-order valence-corrected chi connectivity index (χ0v) is 20.3. The number of allylic oxidation sites excluding steroid dienone is 4. The molecule has 3 aliphatic rings. The Morgan fingerprint density at radius 2 is 1.71 bits per heavy atom. The van der Waals surface area contributed by atoms with Crippen LogP contribution in [0.25, 0.3) is 0 Å². The summed E-state index contributed by atoms with van der Waals surface area (Å²) in [6, 6.07) is 0. The van der Waals surface area contributed by atoms with E-state index in [-0.39, 0.29) is 5.92 Å². The summed E-state index contributed by atoms with van der Waals surface area (Å²) >= 11 is 0. The fraction of sp³-hybridized carbons (Fsp3) is 0.714. The lowest BCUT2D eigenvalue weighted by molar-refractivity contribution is 0.0436. The van der Waals surface area contributed by atoms with Gasteiger partial charge < -0.3 is 15.3 Å². The van der Waals surface area contributed by atoms with Crippen molar-refractivity contribution in [1.82, 2.24) is 0 Å². The lowest BCUT2D eigenvalue weighted by atomic mass is 9.61. The molecule has 3 nitrogen and oxygen atoms in total. The van der Waals surface area contributed by atoms with Crippen molar-refractivity contribution in [2.45, 2.75) is 97.4 Å². The van der Waals surface area contributed by atoms with Crippen LogP contribution in [0.2, 0.25) is 0 Å². The van der Waals surface area contributed by atoms with Crippen LogP contribution < -0.4 is 0 Å². The average Bonchev–Trinajstić information content (AvgIpc) is 3.05. The first-order chi connectivity index (χ1) is 14.4. The predicted molar refractivity (Wildman–Crippen MR) is 128 cm³/mol. The van der Waals surface area contributed by atoms with Gasteiger partial charge in [-0.05, 0) is 87.5 Å². The molecule has 0 aromatic heterocycles. The van der Waals surface area contributed by atoms with E-state index in [1.165, 1.54) is 25.7 Å². The van der Waals surface area contributed by atoms with E-state index in [1.807, 2.05) is 13.8 Å². The van der Waals surface area contributed by atoms with Crippen LogP contribution in [0.4, 0.5) is 0 Å². The third-order valence-electron chi connectivity index (χ3n) is 8.79. The maximum absolute atomic E-state index is 10.3. The molecule has 0 aliphatic heterocycles. The molecule has 3 rings (SSSR count). The second kappa shape index (κ2) is 9.37. The van der Waals surface area contributed by atoms with Gasteiger partial charge in [-0.1, -0.05) is 62.8 Å². The SMILES string of the molecule is C=C1[C@H](O)CC(=C/C=C2\CCC[C@]3(C)C([C@@H](C)/C=C/[C@@H](C)C(C)(C)O)CC[C@@H]23)C[C@H]1O. The Hall–Kier alpha value is -1.16. The number of rotatable bonds is 5. The first-order valence-corrected chi connectivity index (χ1v) is 12.3. The number of hydrogen-bond donors (Lipinski definition) is 3. The molecule has 0 spiro atoms. The van der Waals surface area contributed by atoms with E-state index in [9.17, 15) is 15.3 Å². The predicted octanol–water partition coefficient (Wildman–Crippen LogP) is 5.73. The minimum atomic E-state index is -0.681. The Bertz CT molecular complexity index is 737. The average molecular weight is 429 g/mol. The molecule has 0 bridgehead atoms. The Labute approximate surface area is 189 Å². The van der Waals surface area contributed by atoms with Crippen molar-refractivity contribution < 1.29 is 15.3 Å². The molecule has 0 amide bonds. The van der Waals surface area contributed by atoms with Crippen LogP contribution in [-0.2, 0) is 0 Å². The molecular weight excluding hydrogens is 384 g/mol. The van der Waals surface area contributed by atoms with Crippen molar-refractivity contribution in [1.29, 1.82) is 0 Å². The van der Waals surface area contributed by atoms with Gasteiger partial charge in [0, 0.05) is 5.92 Å². The summed E-state index contributed by atoms with van der Waals surface area (Å²) in [6.07, 6.45) is 15.1. The minimum Gasteiger partial charge on any atom is -0.390 e. The van der Waals surface area contributed by atoms with Crippen molar-refractivity contribution in [3.63, 3.8) is 0 Å². The third-order valence-corrected chi connectivity index (χ3v) is 8.79. The van der Waals surface area contributed by atoms with Crippen molar-refractivity contribution in [2.24, 2.45) is 29.1 Å². The topological polar surface area (TPSA) is 60.7 Å². The first-order valence-electron chi connectivity index (χ1n) is 12.3. The highest BCUT2D eigenvalue weighted by molar-refractivity contribution is 5.29.